The Bertz CT molecular complexity index is 1230. The van der Waals surface area contributed by atoms with E-state index in [0.717, 1.165) is 27.4 Å². The fourth-order valence-corrected chi connectivity index (χ4v) is 4.09. The standard InChI is InChI=1S/C23H18N2O5S/c1-30-19-10-9-14(11-18(19)26)12-20-22(28)25(23(29)31-20)13-21(27)24-17-8-4-6-15-5-2-3-7-16(15)17/h2-12,26H,13H2,1H3,(H,24,27)/b20-12+. The Labute approximate surface area is 182 Å². The number of ether oxygens (including phenoxy) is 1. The molecule has 0 saturated carbocycles. The van der Waals surface area contributed by atoms with Gasteiger partial charge in [0.25, 0.3) is 11.1 Å². The largest absolute Gasteiger partial charge is 0.504 e. The van der Waals surface area contributed by atoms with Crippen LogP contribution < -0.4 is 10.1 Å². The number of hydrogen-bond acceptors (Lipinski definition) is 6. The van der Waals surface area contributed by atoms with Crippen LogP contribution in [0.2, 0.25) is 0 Å². The lowest BCUT2D eigenvalue weighted by molar-refractivity contribution is -0.127. The second-order valence-corrected chi connectivity index (χ2v) is 7.77. The van der Waals surface area contributed by atoms with Gasteiger partial charge in [0, 0.05) is 11.1 Å². The number of methoxy groups -OCH3 is 1. The van der Waals surface area contributed by atoms with Gasteiger partial charge in [-0.2, -0.15) is 0 Å². The van der Waals surface area contributed by atoms with Crippen LogP contribution in [0.1, 0.15) is 5.56 Å². The predicted molar refractivity (Wildman–Crippen MR) is 120 cm³/mol. The van der Waals surface area contributed by atoms with Crippen molar-refractivity contribution < 1.29 is 24.2 Å². The van der Waals surface area contributed by atoms with Crippen LogP contribution in [0.4, 0.5) is 10.5 Å². The lowest BCUT2D eigenvalue weighted by atomic mass is 10.1. The number of fused-ring (bicyclic) bond motifs is 1. The van der Waals surface area contributed by atoms with Gasteiger partial charge in [0.1, 0.15) is 6.54 Å². The summed E-state index contributed by atoms with van der Waals surface area (Å²) in [5.74, 6) is -0.805. The molecule has 0 unspecified atom stereocenters. The Morgan fingerprint density at radius 1 is 1.13 bits per heavy atom. The fraction of sp³-hybridized carbons (Fsp3) is 0.0870. The summed E-state index contributed by atoms with van der Waals surface area (Å²) in [6.07, 6.45) is 1.49. The lowest BCUT2D eigenvalue weighted by Gasteiger charge is -2.13. The highest BCUT2D eigenvalue weighted by atomic mass is 32.2. The Hall–Kier alpha value is -3.78. The maximum absolute atomic E-state index is 12.7. The zero-order valence-corrected chi connectivity index (χ0v) is 17.3. The molecule has 156 valence electrons. The molecule has 0 aliphatic carbocycles. The van der Waals surface area contributed by atoms with Crippen LogP contribution in [0.25, 0.3) is 16.8 Å². The number of rotatable bonds is 5. The van der Waals surface area contributed by atoms with E-state index in [1.54, 1.807) is 18.2 Å². The summed E-state index contributed by atoms with van der Waals surface area (Å²) in [5.41, 5.74) is 1.14. The van der Waals surface area contributed by atoms with E-state index >= 15 is 0 Å². The third kappa shape index (κ3) is 4.24. The van der Waals surface area contributed by atoms with Crippen LogP contribution in [-0.2, 0) is 9.59 Å². The maximum atomic E-state index is 12.7. The number of carbonyl (C=O) groups is 3. The first-order valence-electron chi connectivity index (χ1n) is 9.36. The second-order valence-electron chi connectivity index (χ2n) is 6.77. The molecule has 1 saturated heterocycles. The molecule has 4 rings (SSSR count). The first-order chi connectivity index (χ1) is 15.0. The molecule has 0 radical (unpaired) electrons. The van der Waals surface area contributed by atoms with Crippen LogP contribution in [0.15, 0.2) is 65.6 Å². The number of nitrogens with zero attached hydrogens (tertiary/aromatic N) is 1. The Kier molecular flexibility index (Phi) is 5.64. The number of carbonyl (C=O) groups excluding carboxylic acids is 3. The van der Waals surface area contributed by atoms with Crippen molar-refractivity contribution in [1.29, 1.82) is 0 Å². The van der Waals surface area contributed by atoms with Gasteiger partial charge in [0.15, 0.2) is 11.5 Å². The fourth-order valence-electron chi connectivity index (χ4n) is 3.25. The second kappa shape index (κ2) is 8.53. The van der Waals surface area contributed by atoms with Crippen molar-refractivity contribution >= 4 is 51.4 Å². The van der Waals surface area contributed by atoms with Gasteiger partial charge in [-0.1, -0.05) is 42.5 Å². The van der Waals surface area contributed by atoms with Gasteiger partial charge in [-0.05, 0) is 47.0 Å². The van der Waals surface area contributed by atoms with Crippen molar-refractivity contribution in [2.24, 2.45) is 0 Å². The lowest BCUT2D eigenvalue weighted by Crippen LogP contribution is -2.36. The first-order valence-corrected chi connectivity index (χ1v) is 10.2. The van der Waals surface area contributed by atoms with Crippen molar-refractivity contribution in [1.82, 2.24) is 4.90 Å². The highest BCUT2D eigenvalue weighted by Crippen LogP contribution is 2.34. The van der Waals surface area contributed by atoms with Gasteiger partial charge in [-0.3, -0.25) is 19.3 Å². The van der Waals surface area contributed by atoms with Crippen molar-refractivity contribution in [3.05, 3.63) is 71.1 Å². The number of phenols is 1. The van der Waals surface area contributed by atoms with E-state index < -0.39 is 17.1 Å². The van der Waals surface area contributed by atoms with Crippen molar-refractivity contribution in [3.63, 3.8) is 0 Å². The number of anilines is 1. The molecule has 31 heavy (non-hydrogen) atoms. The van der Waals surface area contributed by atoms with E-state index in [2.05, 4.69) is 5.32 Å². The van der Waals surface area contributed by atoms with Gasteiger partial charge < -0.3 is 15.2 Å². The summed E-state index contributed by atoms with van der Waals surface area (Å²) in [7, 11) is 1.43. The van der Waals surface area contributed by atoms with E-state index in [1.807, 2.05) is 36.4 Å². The highest BCUT2D eigenvalue weighted by molar-refractivity contribution is 8.18. The number of aromatic hydroxyl groups is 1. The first kappa shape index (κ1) is 20.5. The average Bonchev–Trinajstić information content (AvgIpc) is 3.01. The van der Waals surface area contributed by atoms with Crippen LogP contribution in [0, 0.1) is 0 Å². The number of hydrogen-bond donors (Lipinski definition) is 2. The van der Waals surface area contributed by atoms with Gasteiger partial charge in [0.2, 0.25) is 5.91 Å². The number of thioether (sulfide) groups is 1. The number of imide groups is 1. The minimum atomic E-state index is -0.557. The topological polar surface area (TPSA) is 95.9 Å². The zero-order chi connectivity index (χ0) is 22.0. The molecule has 3 aromatic carbocycles. The molecular weight excluding hydrogens is 416 g/mol. The maximum Gasteiger partial charge on any atom is 0.294 e. The van der Waals surface area contributed by atoms with Gasteiger partial charge in [-0.25, -0.2) is 0 Å². The normalized spacial score (nSPS) is 15.0. The van der Waals surface area contributed by atoms with Crippen molar-refractivity contribution in [3.8, 4) is 11.5 Å². The molecule has 3 amide bonds. The number of phenolic OH excluding ortho intramolecular Hbond substituents is 1. The highest BCUT2D eigenvalue weighted by Gasteiger charge is 2.36. The number of amides is 3. The van der Waals surface area contributed by atoms with Crippen LogP contribution in [0.5, 0.6) is 11.5 Å². The molecule has 0 bridgehead atoms. The molecule has 0 spiro atoms. The summed E-state index contributed by atoms with van der Waals surface area (Å²) < 4.78 is 4.99. The zero-order valence-electron chi connectivity index (χ0n) is 16.5. The van der Waals surface area contributed by atoms with E-state index in [9.17, 15) is 19.5 Å². The quantitative estimate of drug-likeness (QED) is 0.584. The van der Waals surface area contributed by atoms with E-state index in [1.165, 1.54) is 19.3 Å². The van der Waals surface area contributed by atoms with Gasteiger partial charge in [-0.15, -0.1) is 0 Å². The SMILES string of the molecule is COc1ccc(/C=C2/SC(=O)N(CC(=O)Nc3cccc4ccccc34)C2=O)cc1O. The summed E-state index contributed by atoms with van der Waals surface area (Å²) >= 11 is 0.749. The molecule has 0 atom stereocenters. The van der Waals surface area contributed by atoms with E-state index in [4.69, 9.17) is 4.74 Å². The molecule has 7 nitrogen and oxygen atoms in total. The molecule has 0 aromatic heterocycles. The van der Waals surface area contributed by atoms with E-state index in [0.29, 0.717) is 17.0 Å². The Morgan fingerprint density at radius 3 is 2.68 bits per heavy atom. The average molecular weight is 434 g/mol. The third-order valence-electron chi connectivity index (χ3n) is 4.74. The number of nitrogens with one attached hydrogen (secondary N) is 1. The Balaban J connectivity index is 1.49. The van der Waals surface area contributed by atoms with Gasteiger partial charge in [0.05, 0.1) is 12.0 Å². The summed E-state index contributed by atoms with van der Waals surface area (Å²) in [5, 5.41) is 14.0. The summed E-state index contributed by atoms with van der Waals surface area (Å²) in [6, 6.07) is 17.8. The third-order valence-corrected chi connectivity index (χ3v) is 5.65. The predicted octanol–water partition coefficient (Wildman–Crippen LogP) is 4.23. The summed E-state index contributed by atoms with van der Waals surface area (Å²) in [4.78, 5) is 38.6. The minimum Gasteiger partial charge on any atom is -0.504 e. The minimum absolute atomic E-state index is 0.0788. The molecule has 3 aromatic rings. The van der Waals surface area contributed by atoms with Crippen molar-refractivity contribution in [2.75, 3.05) is 19.0 Å². The molecule has 1 aliphatic rings. The molecule has 1 fully saturated rings. The molecule has 8 heteroatoms. The molecule has 1 aliphatic heterocycles. The van der Waals surface area contributed by atoms with Crippen LogP contribution >= 0.6 is 11.8 Å². The van der Waals surface area contributed by atoms with Gasteiger partial charge >= 0.3 is 0 Å². The Morgan fingerprint density at radius 2 is 1.90 bits per heavy atom. The molecule has 2 N–H and O–H groups in total. The summed E-state index contributed by atoms with van der Waals surface area (Å²) in [6.45, 7) is -0.390. The monoisotopic (exact) mass is 434 g/mol. The van der Waals surface area contributed by atoms with Crippen LogP contribution in [-0.4, -0.2) is 40.7 Å². The molecular formula is C23H18N2O5S. The van der Waals surface area contributed by atoms with E-state index in [-0.39, 0.29) is 17.2 Å². The smallest absolute Gasteiger partial charge is 0.294 e. The van der Waals surface area contributed by atoms with Crippen LogP contribution in [0.3, 0.4) is 0 Å². The van der Waals surface area contributed by atoms with Crippen molar-refractivity contribution in [2.45, 2.75) is 0 Å². The molecule has 1 heterocycles. The number of benzene rings is 3.